The van der Waals surface area contributed by atoms with Gasteiger partial charge in [-0.25, -0.2) is 0 Å². The number of para-hydroxylation sites is 1. The molecule has 3 rings (SSSR count). The number of aryl methyl sites for hydroxylation is 2. The van der Waals surface area contributed by atoms with Crippen molar-refractivity contribution in [3.63, 3.8) is 0 Å². The van der Waals surface area contributed by atoms with Crippen molar-refractivity contribution >= 4 is 16.7 Å². The molecule has 1 heterocycles. The Balaban J connectivity index is 2.41. The topological polar surface area (TPSA) is 30.0 Å². The van der Waals surface area contributed by atoms with Crippen molar-refractivity contribution in [3.8, 4) is 0 Å². The zero-order valence-corrected chi connectivity index (χ0v) is 9.29. The van der Waals surface area contributed by atoms with Gasteiger partial charge in [-0.05, 0) is 31.4 Å². The molecule has 1 aromatic heterocycles. The lowest BCUT2D eigenvalue weighted by Gasteiger charge is -2.17. The second-order valence-corrected chi connectivity index (χ2v) is 4.35. The van der Waals surface area contributed by atoms with Crippen LogP contribution in [0, 0.1) is 6.92 Å². The molecule has 1 aromatic carbocycles. The first-order valence-electron chi connectivity index (χ1n) is 5.69. The summed E-state index contributed by atoms with van der Waals surface area (Å²) in [6.07, 6.45) is 2.55. The number of hydrogen-bond acceptors (Lipinski definition) is 2. The summed E-state index contributed by atoms with van der Waals surface area (Å²) in [7, 11) is 0. The summed E-state index contributed by atoms with van der Waals surface area (Å²) >= 11 is 0. The number of carbonyl (C=O) groups excluding carboxylic acids is 1. The van der Waals surface area contributed by atoms with E-state index in [0.717, 1.165) is 40.6 Å². The monoisotopic (exact) mass is 211 g/mol. The lowest BCUT2D eigenvalue weighted by atomic mass is 9.89. The maximum absolute atomic E-state index is 11.9. The maximum Gasteiger partial charge on any atom is 0.165 e. The van der Waals surface area contributed by atoms with Gasteiger partial charge in [0.25, 0.3) is 0 Å². The Kier molecular flexibility index (Phi) is 2.03. The lowest BCUT2D eigenvalue weighted by molar-refractivity contribution is 0.0971. The minimum Gasteiger partial charge on any atom is -0.294 e. The molecule has 0 unspecified atom stereocenters. The Hall–Kier alpha value is -1.70. The van der Waals surface area contributed by atoms with E-state index < -0.39 is 0 Å². The molecule has 0 saturated carbocycles. The highest BCUT2D eigenvalue weighted by Crippen LogP contribution is 2.28. The van der Waals surface area contributed by atoms with Gasteiger partial charge in [0, 0.05) is 17.4 Å². The van der Waals surface area contributed by atoms with E-state index in [4.69, 9.17) is 0 Å². The maximum atomic E-state index is 11.9. The SMILES string of the molecule is Cc1c2c(nc3ccccc13)CCCC2=O. The summed E-state index contributed by atoms with van der Waals surface area (Å²) in [6.45, 7) is 2.03. The van der Waals surface area contributed by atoms with Crippen molar-refractivity contribution in [2.75, 3.05) is 0 Å². The van der Waals surface area contributed by atoms with Crippen LogP contribution in [0.25, 0.3) is 10.9 Å². The van der Waals surface area contributed by atoms with Gasteiger partial charge >= 0.3 is 0 Å². The summed E-state index contributed by atoms with van der Waals surface area (Å²) in [5, 5.41) is 1.11. The van der Waals surface area contributed by atoms with E-state index in [-0.39, 0.29) is 5.78 Å². The van der Waals surface area contributed by atoms with Crippen molar-refractivity contribution in [3.05, 3.63) is 41.1 Å². The van der Waals surface area contributed by atoms with Crippen LogP contribution in [0.2, 0.25) is 0 Å². The lowest BCUT2D eigenvalue weighted by Crippen LogP contribution is -2.14. The first-order valence-corrected chi connectivity index (χ1v) is 5.69. The largest absolute Gasteiger partial charge is 0.294 e. The van der Waals surface area contributed by atoms with E-state index in [1.165, 1.54) is 0 Å². The quantitative estimate of drug-likeness (QED) is 0.670. The molecule has 16 heavy (non-hydrogen) atoms. The second-order valence-electron chi connectivity index (χ2n) is 4.35. The van der Waals surface area contributed by atoms with Crippen LogP contribution in [0.15, 0.2) is 24.3 Å². The molecule has 1 aliphatic rings. The highest BCUT2D eigenvalue weighted by molar-refractivity contribution is 6.03. The highest BCUT2D eigenvalue weighted by atomic mass is 16.1. The van der Waals surface area contributed by atoms with Crippen LogP contribution in [-0.2, 0) is 6.42 Å². The fourth-order valence-electron chi connectivity index (χ4n) is 2.53. The predicted molar refractivity (Wildman–Crippen MR) is 63.7 cm³/mol. The molecule has 0 atom stereocenters. The molecule has 2 nitrogen and oxygen atoms in total. The number of benzene rings is 1. The number of ketones is 1. The summed E-state index contributed by atoms with van der Waals surface area (Å²) < 4.78 is 0. The first-order chi connectivity index (χ1) is 7.77. The summed E-state index contributed by atoms with van der Waals surface area (Å²) in [5.74, 6) is 0.261. The van der Waals surface area contributed by atoms with Crippen molar-refractivity contribution in [2.45, 2.75) is 26.2 Å². The Morgan fingerprint density at radius 2 is 2.00 bits per heavy atom. The van der Waals surface area contributed by atoms with Crippen LogP contribution < -0.4 is 0 Å². The molecule has 2 aromatic rings. The third-order valence-corrected chi connectivity index (χ3v) is 3.32. The summed E-state index contributed by atoms with van der Waals surface area (Å²) in [6, 6.07) is 8.05. The fourth-order valence-corrected chi connectivity index (χ4v) is 2.53. The van der Waals surface area contributed by atoms with Crippen LogP contribution in [0.4, 0.5) is 0 Å². The average Bonchev–Trinajstić information content (AvgIpc) is 2.29. The third-order valence-electron chi connectivity index (χ3n) is 3.32. The van der Waals surface area contributed by atoms with E-state index in [0.29, 0.717) is 6.42 Å². The van der Waals surface area contributed by atoms with Gasteiger partial charge in [0.1, 0.15) is 0 Å². The van der Waals surface area contributed by atoms with Crippen molar-refractivity contribution in [1.82, 2.24) is 4.98 Å². The number of hydrogen-bond donors (Lipinski definition) is 0. The molecule has 0 bridgehead atoms. The molecule has 0 aliphatic heterocycles. The first kappa shape index (κ1) is 9.52. The van der Waals surface area contributed by atoms with E-state index in [1.54, 1.807) is 0 Å². The molecule has 80 valence electrons. The van der Waals surface area contributed by atoms with Crippen molar-refractivity contribution in [1.29, 1.82) is 0 Å². The van der Waals surface area contributed by atoms with Crippen LogP contribution in [-0.4, -0.2) is 10.8 Å². The molecule has 1 aliphatic carbocycles. The Labute approximate surface area is 94.3 Å². The van der Waals surface area contributed by atoms with Gasteiger partial charge < -0.3 is 0 Å². The normalized spacial score (nSPS) is 15.2. The van der Waals surface area contributed by atoms with Crippen LogP contribution in [0.1, 0.15) is 34.5 Å². The Morgan fingerprint density at radius 1 is 1.19 bits per heavy atom. The number of pyridine rings is 1. The van der Waals surface area contributed by atoms with Gasteiger partial charge in [0.15, 0.2) is 5.78 Å². The van der Waals surface area contributed by atoms with E-state index in [9.17, 15) is 4.79 Å². The molecule has 0 radical (unpaired) electrons. The van der Waals surface area contributed by atoms with Crippen LogP contribution >= 0.6 is 0 Å². The number of aromatic nitrogens is 1. The molecule has 0 saturated heterocycles. The van der Waals surface area contributed by atoms with E-state index in [1.807, 2.05) is 31.2 Å². The van der Waals surface area contributed by atoms with E-state index in [2.05, 4.69) is 4.98 Å². The van der Waals surface area contributed by atoms with Crippen molar-refractivity contribution in [2.24, 2.45) is 0 Å². The highest BCUT2D eigenvalue weighted by Gasteiger charge is 2.21. The van der Waals surface area contributed by atoms with Gasteiger partial charge in [-0.1, -0.05) is 18.2 Å². The number of Topliss-reactive ketones (excluding diaryl/α,β-unsaturated/α-hetero) is 1. The Bertz CT molecular complexity index is 587. The minimum atomic E-state index is 0.261. The van der Waals surface area contributed by atoms with Gasteiger partial charge in [0.05, 0.1) is 11.2 Å². The van der Waals surface area contributed by atoms with Crippen molar-refractivity contribution < 1.29 is 4.79 Å². The average molecular weight is 211 g/mol. The van der Waals surface area contributed by atoms with Crippen LogP contribution in [0.3, 0.4) is 0 Å². The number of rotatable bonds is 0. The van der Waals surface area contributed by atoms with E-state index >= 15 is 0 Å². The van der Waals surface area contributed by atoms with Gasteiger partial charge in [0.2, 0.25) is 0 Å². The van der Waals surface area contributed by atoms with Gasteiger partial charge in [-0.3, -0.25) is 9.78 Å². The summed E-state index contributed by atoms with van der Waals surface area (Å²) in [5.41, 5.74) is 3.98. The molecule has 0 amide bonds. The van der Waals surface area contributed by atoms with Crippen LogP contribution in [0.5, 0.6) is 0 Å². The molecule has 0 spiro atoms. The van der Waals surface area contributed by atoms with Gasteiger partial charge in [-0.2, -0.15) is 0 Å². The molecule has 0 fully saturated rings. The molecular formula is C14H13NO. The zero-order chi connectivity index (χ0) is 11.1. The zero-order valence-electron chi connectivity index (χ0n) is 9.29. The second kappa shape index (κ2) is 3.41. The minimum absolute atomic E-state index is 0.261. The number of nitrogens with zero attached hydrogens (tertiary/aromatic N) is 1. The smallest absolute Gasteiger partial charge is 0.165 e. The summed E-state index contributed by atoms with van der Waals surface area (Å²) in [4.78, 5) is 16.5. The standard InChI is InChI=1S/C14H13NO/c1-9-10-5-2-3-6-11(10)15-12-7-4-8-13(16)14(9)12/h2-3,5-6H,4,7-8H2,1H3. The van der Waals surface area contributed by atoms with Gasteiger partial charge in [-0.15, -0.1) is 0 Å². The fraction of sp³-hybridized carbons (Fsp3) is 0.286. The molecular weight excluding hydrogens is 198 g/mol. The molecule has 0 N–H and O–H groups in total. The number of fused-ring (bicyclic) bond motifs is 2. The third kappa shape index (κ3) is 1.26. The Morgan fingerprint density at radius 3 is 2.88 bits per heavy atom. The number of carbonyl (C=O) groups is 1. The predicted octanol–water partition coefficient (Wildman–Crippen LogP) is 3.06. The molecule has 2 heteroatoms.